The molecule has 0 aliphatic rings. The molecule has 0 saturated carbocycles. The molecular weight excluding hydrogens is 296 g/mol. The lowest BCUT2D eigenvalue weighted by atomic mass is 10.2. The number of benzene rings is 1. The van der Waals surface area contributed by atoms with Gasteiger partial charge in [-0.3, -0.25) is 0 Å². The van der Waals surface area contributed by atoms with Gasteiger partial charge in [0.15, 0.2) is 10.8 Å². The number of carbonyl (C=O) groups is 1. The smallest absolute Gasteiger partial charge is 0.358 e. The van der Waals surface area contributed by atoms with E-state index in [2.05, 4.69) is 10.3 Å². The Hall–Kier alpha value is -1.59. The summed E-state index contributed by atoms with van der Waals surface area (Å²) in [5, 5.41) is 4.37. The maximum absolute atomic E-state index is 11.7. The summed E-state index contributed by atoms with van der Waals surface area (Å²) < 4.78 is 4.97. The van der Waals surface area contributed by atoms with Gasteiger partial charge >= 0.3 is 5.97 Å². The second-order valence-corrected chi connectivity index (χ2v) is 5.86. The number of anilines is 2. The number of nitrogens with one attached hydrogen (secondary N) is 1. The molecule has 1 aromatic carbocycles. The molecule has 0 radical (unpaired) electrons. The minimum absolute atomic E-state index is 0.336. The Labute approximate surface area is 126 Å². The van der Waals surface area contributed by atoms with Gasteiger partial charge in [0.1, 0.15) is 0 Å². The van der Waals surface area contributed by atoms with E-state index in [1.807, 2.05) is 32.0 Å². The van der Waals surface area contributed by atoms with Crippen molar-refractivity contribution in [2.45, 2.75) is 20.8 Å². The highest BCUT2D eigenvalue weighted by molar-refractivity contribution is 7.15. The average Bonchev–Trinajstić information content (AvgIpc) is 2.75. The highest BCUT2D eigenvalue weighted by Gasteiger charge is 2.16. The topological polar surface area (TPSA) is 51.2 Å². The van der Waals surface area contributed by atoms with Crippen LogP contribution in [-0.2, 0) is 4.74 Å². The Morgan fingerprint density at radius 3 is 2.90 bits per heavy atom. The van der Waals surface area contributed by atoms with E-state index in [1.165, 1.54) is 11.3 Å². The Kier molecular flexibility index (Phi) is 4.62. The average molecular weight is 311 g/mol. The van der Waals surface area contributed by atoms with Gasteiger partial charge in [-0.15, -0.1) is 11.3 Å². The van der Waals surface area contributed by atoms with Gasteiger partial charge < -0.3 is 10.1 Å². The number of thiazole rings is 1. The standard InChI is InChI=1S/C14H15ClN2O2S/c1-4-19-13(18)12-9(3)20-14(17-12)16-11-7-8(2)5-6-10(11)15/h5-7H,4H2,1-3H3,(H,16,17). The molecule has 0 aliphatic carbocycles. The van der Waals surface area contributed by atoms with Gasteiger partial charge in [0.25, 0.3) is 0 Å². The molecule has 0 unspecified atom stereocenters. The second kappa shape index (κ2) is 6.24. The molecule has 0 atom stereocenters. The van der Waals surface area contributed by atoms with Crippen LogP contribution in [0.25, 0.3) is 0 Å². The quantitative estimate of drug-likeness (QED) is 0.854. The molecule has 0 saturated heterocycles. The number of ether oxygens (including phenoxy) is 1. The Morgan fingerprint density at radius 1 is 1.45 bits per heavy atom. The van der Waals surface area contributed by atoms with Crippen LogP contribution in [-0.4, -0.2) is 17.6 Å². The lowest BCUT2D eigenvalue weighted by molar-refractivity contribution is 0.0519. The fourth-order valence-corrected chi connectivity index (χ4v) is 2.67. The van der Waals surface area contributed by atoms with Crippen molar-refractivity contribution >= 4 is 39.7 Å². The van der Waals surface area contributed by atoms with Crippen molar-refractivity contribution in [3.63, 3.8) is 0 Å². The molecule has 2 aromatic rings. The van der Waals surface area contributed by atoms with E-state index in [9.17, 15) is 4.79 Å². The Morgan fingerprint density at radius 2 is 2.20 bits per heavy atom. The van der Waals surface area contributed by atoms with Crippen LogP contribution in [0.4, 0.5) is 10.8 Å². The van der Waals surface area contributed by atoms with Crippen LogP contribution < -0.4 is 5.32 Å². The number of rotatable bonds is 4. The van der Waals surface area contributed by atoms with Crippen molar-refractivity contribution in [1.29, 1.82) is 0 Å². The zero-order valence-corrected chi connectivity index (χ0v) is 13.1. The number of nitrogens with zero attached hydrogens (tertiary/aromatic N) is 1. The highest BCUT2D eigenvalue weighted by atomic mass is 35.5. The van der Waals surface area contributed by atoms with Gasteiger partial charge in [-0.25, -0.2) is 9.78 Å². The van der Waals surface area contributed by atoms with Crippen molar-refractivity contribution in [1.82, 2.24) is 4.98 Å². The van der Waals surface area contributed by atoms with Gasteiger partial charge in [-0.2, -0.15) is 0 Å². The molecule has 0 fully saturated rings. The van der Waals surface area contributed by atoms with Gasteiger partial charge in [-0.1, -0.05) is 17.7 Å². The van der Waals surface area contributed by atoms with Gasteiger partial charge in [0, 0.05) is 4.88 Å². The zero-order chi connectivity index (χ0) is 14.7. The van der Waals surface area contributed by atoms with Crippen molar-refractivity contribution < 1.29 is 9.53 Å². The maximum Gasteiger partial charge on any atom is 0.358 e. The van der Waals surface area contributed by atoms with E-state index in [1.54, 1.807) is 6.92 Å². The monoisotopic (exact) mass is 310 g/mol. The van der Waals surface area contributed by atoms with Crippen molar-refractivity contribution in [3.05, 3.63) is 39.4 Å². The summed E-state index contributed by atoms with van der Waals surface area (Å²) in [6.07, 6.45) is 0. The number of aromatic nitrogens is 1. The molecule has 0 bridgehead atoms. The summed E-state index contributed by atoms with van der Waals surface area (Å²) in [5.74, 6) is -0.398. The lowest BCUT2D eigenvalue weighted by Gasteiger charge is -2.06. The molecule has 4 nitrogen and oxygen atoms in total. The third-order valence-corrected chi connectivity index (χ3v) is 3.84. The van der Waals surface area contributed by atoms with Crippen LogP contribution in [0.1, 0.15) is 27.9 Å². The number of esters is 1. The fourth-order valence-electron chi connectivity index (χ4n) is 1.69. The van der Waals surface area contributed by atoms with Crippen LogP contribution in [0.2, 0.25) is 5.02 Å². The van der Waals surface area contributed by atoms with Crippen LogP contribution in [0.5, 0.6) is 0 Å². The molecule has 2 rings (SSSR count). The minimum atomic E-state index is -0.398. The normalized spacial score (nSPS) is 10.4. The van der Waals surface area contributed by atoms with E-state index < -0.39 is 5.97 Å². The summed E-state index contributed by atoms with van der Waals surface area (Å²) in [4.78, 5) is 16.8. The maximum atomic E-state index is 11.7. The molecule has 1 heterocycles. The van der Waals surface area contributed by atoms with Crippen molar-refractivity contribution in [2.24, 2.45) is 0 Å². The predicted molar refractivity (Wildman–Crippen MR) is 82.3 cm³/mol. The van der Waals surface area contributed by atoms with Crippen LogP contribution in [0, 0.1) is 13.8 Å². The number of aryl methyl sites for hydroxylation is 2. The minimum Gasteiger partial charge on any atom is -0.461 e. The zero-order valence-electron chi connectivity index (χ0n) is 11.5. The van der Waals surface area contributed by atoms with E-state index >= 15 is 0 Å². The van der Waals surface area contributed by atoms with E-state index in [0.717, 1.165) is 16.1 Å². The van der Waals surface area contributed by atoms with Crippen LogP contribution >= 0.6 is 22.9 Å². The first-order chi connectivity index (χ1) is 9.51. The molecular formula is C14H15ClN2O2S. The third kappa shape index (κ3) is 3.29. The second-order valence-electron chi connectivity index (χ2n) is 4.25. The van der Waals surface area contributed by atoms with Gasteiger partial charge in [0.05, 0.1) is 17.3 Å². The Balaban J connectivity index is 2.24. The molecule has 106 valence electrons. The van der Waals surface area contributed by atoms with Crippen LogP contribution in [0.15, 0.2) is 18.2 Å². The molecule has 0 aliphatic heterocycles. The number of carbonyl (C=O) groups excluding carboxylic acids is 1. The Bertz CT molecular complexity index is 640. The first kappa shape index (κ1) is 14.8. The molecule has 20 heavy (non-hydrogen) atoms. The van der Waals surface area contributed by atoms with Crippen molar-refractivity contribution in [3.8, 4) is 0 Å². The largest absolute Gasteiger partial charge is 0.461 e. The van der Waals surface area contributed by atoms with E-state index in [-0.39, 0.29) is 0 Å². The molecule has 0 amide bonds. The SMILES string of the molecule is CCOC(=O)c1nc(Nc2cc(C)ccc2Cl)sc1C. The summed E-state index contributed by atoms with van der Waals surface area (Å²) in [6.45, 7) is 5.93. The molecule has 0 spiro atoms. The summed E-state index contributed by atoms with van der Waals surface area (Å²) in [7, 11) is 0. The number of hydrogen-bond donors (Lipinski definition) is 1. The van der Waals surface area contributed by atoms with Crippen molar-refractivity contribution in [2.75, 3.05) is 11.9 Å². The summed E-state index contributed by atoms with van der Waals surface area (Å²) in [5.41, 5.74) is 2.22. The summed E-state index contributed by atoms with van der Waals surface area (Å²) in [6, 6.07) is 5.69. The number of hydrogen-bond acceptors (Lipinski definition) is 5. The molecule has 6 heteroatoms. The van der Waals surface area contributed by atoms with E-state index in [4.69, 9.17) is 16.3 Å². The third-order valence-electron chi connectivity index (χ3n) is 2.63. The van der Waals surface area contributed by atoms with E-state index in [0.29, 0.717) is 22.5 Å². The number of halogens is 1. The van der Waals surface area contributed by atoms with Gasteiger partial charge in [-0.05, 0) is 38.5 Å². The highest BCUT2D eigenvalue weighted by Crippen LogP contribution is 2.30. The molecule has 1 N–H and O–H groups in total. The first-order valence-corrected chi connectivity index (χ1v) is 7.38. The summed E-state index contributed by atoms with van der Waals surface area (Å²) >= 11 is 7.52. The van der Waals surface area contributed by atoms with Crippen LogP contribution in [0.3, 0.4) is 0 Å². The van der Waals surface area contributed by atoms with Gasteiger partial charge in [0.2, 0.25) is 0 Å². The fraction of sp³-hybridized carbons (Fsp3) is 0.286. The predicted octanol–water partition coefficient (Wildman–Crippen LogP) is 4.33. The first-order valence-electron chi connectivity index (χ1n) is 6.19. The lowest BCUT2D eigenvalue weighted by Crippen LogP contribution is -2.06. The molecule has 1 aromatic heterocycles.